The van der Waals surface area contributed by atoms with Gasteiger partial charge < -0.3 is 0 Å². The number of nitrogens with zero attached hydrogens (tertiary/aromatic N) is 2. The Morgan fingerprint density at radius 1 is 1.46 bits per heavy atom. The summed E-state index contributed by atoms with van der Waals surface area (Å²) >= 11 is 5.60. The molecule has 0 aliphatic heterocycles. The average molecular weight is 199 g/mol. The molecule has 70 valence electrons. The normalized spacial score (nSPS) is 10.5. The highest BCUT2D eigenvalue weighted by Crippen LogP contribution is 2.05. The first-order valence-electron chi connectivity index (χ1n) is 4.08. The van der Waals surface area contributed by atoms with E-state index in [2.05, 4.69) is 9.97 Å². The van der Waals surface area contributed by atoms with Crippen LogP contribution in [0.1, 0.15) is 19.7 Å². The molecule has 0 amide bonds. The largest absolute Gasteiger partial charge is 0.299 e. The van der Waals surface area contributed by atoms with Crippen molar-refractivity contribution in [1.82, 2.24) is 9.97 Å². The van der Waals surface area contributed by atoms with Crippen LogP contribution < -0.4 is 0 Å². The number of Topliss-reactive ketones (excluding diaryl/α,β-unsaturated/α-hetero) is 1. The highest BCUT2D eigenvalue weighted by Gasteiger charge is 2.09. The zero-order chi connectivity index (χ0) is 9.84. The van der Waals surface area contributed by atoms with Crippen molar-refractivity contribution < 1.29 is 4.79 Å². The Hall–Kier alpha value is -0.960. The van der Waals surface area contributed by atoms with Gasteiger partial charge in [0, 0.05) is 18.3 Å². The molecule has 0 fully saturated rings. The summed E-state index contributed by atoms with van der Waals surface area (Å²) in [5.41, 5.74) is 0. The second kappa shape index (κ2) is 4.33. The Labute approximate surface area is 82.2 Å². The van der Waals surface area contributed by atoms with E-state index in [0.717, 1.165) is 0 Å². The van der Waals surface area contributed by atoms with Crippen LogP contribution in [0.4, 0.5) is 0 Å². The van der Waals surface area contributed by atoms with Crippen LogP contribution in [0.5, 0.6) is 0 Å². The fourth-order valence-corrected chi connectivity index (χ4v) is 0.888. The van der Waals surface area contributed by atoms with E-state index in [1.165, 1.54) is 12.4 Å². The van der Waals surface area contributed by atoms with Crippen molar-refractivity contribution in [3.8, 4) is 0 Å². The van der Waals surface area contributed by atoms with Gasteiger partial charge in [0.2, 0.25) is 0 Å². The molecular formula is C9H11ClN2O. The standard InChI is InChI=1S/C9H11ClN2O/c1-6(2)8(13)3-9-11-4-7(10)5-12-9/h4-6H,3H2,1-2H3. The molecule has 1 heterocycles. The van der Waals surface area contributed by atoms with Crippen molar-refractivity contribution in [1.29, 1.82) is 0 Å². The Kier molecular flexibility index (Phi) is 3.37. The summed E-state index contributed by atoms with van der Waals surface area (Å²) in [5.74, 6) is 0.699. The first-order chi connectivity index (χ1) is 6.09. The van der Waals surface area contributed by atoms with Gasteiger partial charge in [0.1, 0.15) is 11.6 Å². The van der Waals surface area contributed by atoms with Crippen molar-refractivity contribution in [2.75, 3.05) is 0 Å². The summed E-state index contributed by atoms with van der Waals surface area (Å²) in [5, 5.41) is 0.487. The lowest BCUT2D eigenvalue weighted by atomic mass is 10.1. The van der Waals surface area contributed by atoms with E-state index in [9.17, 15) is 4.79 Å². The van der Waals surface area contributed by atoms with Crippen LogP contribution in [-0.2, 0) is 11.2 Å². The fourth-order valence-electron chi connectivity index (χ4n) is 0.790. The molecule has 1 aromatic rings. The van der Waals surface area contributed by atoms with E-state index >= 15 is 0 Å². The smallest absolute Gasteiger partial charge is 0.142 e. The van der Waals surface area contributed by atoms with Crippen molar-refractivity contribution in [3.63, 3.8) is 0 Å². The molecule has 0 aromatic carbocycles. The molecule has 13 heavy (non-hydrogen) atoms. The van der Waals surface area contributed by atoms with Crippen molar-refractivity contribution in [2.45, 2.75) is 20.3 Å². The lowest BCUT2D eigenvalue weighted by molar-refractivity contribution is -0.121. The van der Waals surface area contributed by atoms with Crippen LogP contribution in [0.25, 0.3) is 0 Å². The van der Waals surface area contributed by atoms with Gasteiger partial charge in [0.05, 0.1) is 11.4 Å². The summed E-state index contributed by atoms with van der Waals surface area (Å²) < 4.78 is 0. The van der Waals surface area contributed by atoms with E-state index < -0.39 is 0 Å². The lowest BCUT2D eigenvalue weighted by Crippen LogP contribution is -2.12. The molecule has 3 nitrogen and oxygen atoms in total. The summed E-state index contributed by atoms with van der Waals surface area (Å²) in [4.78, 5) is 19.2. The molecule has 0 bridgehead atoms. The molecule has 4 heteroatoms. The lowest BCUT2D eigenvalue weighted by Gasteiger charge is -2.01. The van der Waals surface area contributed by atoms with E-state index in [4.69, 9.17) is 11.6 Å². The van der Waals surface area contributed by atoms with Gasteiger partial charge in [-0.1, -0.05) is 25.4 Å². The second-order valence-corrected chi connectivity index (χ2v) is 3.55. The zero-order valence-corrected chi connectivity index (χ0v) is 8.38. The maximum atomic E-state index is 11.3. The molecule has 0 aliphatic carbocycles. The number of ketones is 1. The summed E-state index contributed by atoms with van der Waals surface area (Å²) in [7, 11) is 0. The number of hydrogen-bond acceptors (Lipinski definition) is 3. The molecule has 1 rings (SSSR count). The van der Waals surface area contributed by atoms with Crippen molar-refractivity contribution in [2.24, 2.45) is 5.92 Å². The predicted molar refractivity (Wildman–Crippen MR) is 50.6 cm³/mol. The fraction of sp³-hybridized carbons (Fsp3) is 0.444. The predicted octanol–water partition coefficient (Wildman–Crippen LogP) is 1.90. The van der Waals surface area contributed by atoms with E-state index in [-0.39, 0.29) is 18.1 Å². The molecule has 0 radical (unpaired) electrons. The van der Waals surface area contributed by atoms with E-state index in [0.29, 0.717) is 10.8 Å². The van der Waals surface area contributed by atoms with Gasteiger partial charge in [0.25, 0.3) is 0 Å². The molecule has 0 saturated carbocycles. The molecule has 0 saturated heterocycles. The van der Waals surface area contributed by atoms with Crippen LogP contribution >= 0.6 is 11.6 Å². The third-order valence-corrected chi connectivity index (χ3v) is 1.85. The van der Waals surface area contributed by atoms with Gasteiger partial charge in [0.15, 0.2) is 0 Å². The van der Waals surface area contributed by atoms with Crippen LogP contribution in [0.3, 0.4) is 0 Å². The highest BCUT2D eigenvalue weighted by atomic mass is 35.5. The van der Waals surface area contributed by atoms with Crippen LogP contribution in [0, 0.1) is 5.92 Å². The van der Waals surface area contributed by atoms with Gasteiger partial charge in [-0.05, 0) is 0 Å². The SMILES string of the molecule is CC(C)C(=O)Cc1ncc(Cl)cn1. The first kappa shape index (κ1) is 10.1. The zero-order valence-electron chi connectivity index (χ0n) is 7.62. The molecule has 0 spiro atoms. The molecular weight excluding hydrogens is 188 g/mol. The van der Waals surface area contributed by atoms with Gasteiger partial charge in [-0.2, -0.15) is 0 Å². The number of hydrogen-bond donors (Lipinski definition) is 0. The maximum absolute atomic E-state index is 11.3. The Bertz CT molecular complexity index is 295. The molecule has 0 aliphatic rings. The Morgan fingerprint density at radius 2 is 2.00 bits per heavy atom. The average Bonchev–Trinajstić information content (AvgIpc) is 2.08. The monoisotopic (exact) mass is 198 g/mol. The van der Waals surface area contributed by atoms with E-state index in [1.54, 1.807) is 0 Å². The maximum Gasteiger partial charge on any atom is 0.142 e. The quantitative estimate of drug-likeness (QED) is 0.745. The highest BCUT2D eigenvalue weighted by molar-refractivity contribution is 6.30. The van der Waals surface area contributed by atoms with Crippen LogP contribution in [0.15, 0.2) is 12.4 Å². The number of aromatic nitrogens is 2. The third kappa shape index (κ3) is 3.11. The Morgan fingerprint density at radius 3 is 2.46 bits per heavy atom. The molecule has 0 unspecified atom stereocenters. The summed E-state index contributed by atoms with van der Waals surface area (Å²) in [6.45, 7) is 3.72. The summed E-state index contributed by atoms with van der Waals surface area (Å²) in [6, 6.07) is 0. The van der Waals surface area contributed by atoms with Crippen molar-refractivity contribution in [3.05, 3.63) is 23.2 Å². The van der Waals surface area contributed by atoms with Gasteiger partial charge in [-0.25, -0.2) is 9.97 Å². The molecule has 0 atom stereocenters. The number of carbonyl (C=O) groups is 1. The van der Waals surface area contributed by atoms with Crippen LogP contribution in [0.2, 0.25) is 5.02 Å². The van der Waals surface area contributed by atoms with E-state index in [1.807, 2.05) is 13.8 Å². The minimum absolute atomic E-state index is 0.0271. The topological polar surface area (TPSA) is 42.9 Å². The number of halogens is 1. The Balaban J connectivity index is 2.65. The number of rotatable bonds is 3. The third-order valence-electron chi connectivity index (χ3n) is 1.65. The first-order valence-corrected chi connectivity index (χ1v) is 4.46. The molecule has 1 aromatic heterocycles. The van der Waals surface area contributed by atoms with Crippen molar-refractivity contribution >= 4 is 17.4 Å². The minimum atomic E-state index is 0.0271. The summed E-state index contributed by atoms with van der Waals surface area (Å²) in [6.07, 6.45) is 3.28. The number of carbonyl (C=O) groups excluding carboxylic acids is 1. The minimum Gasteiger partial charge on any atom is -0.299 e. The van der Waals surface area contributed by atoms with Gasteiger partial charge in [-0.15, -0.1) is 0 Å². The van der Waals surface area contributed by atoms with Gasteiger partial charge in [-0.3, -0.25) is 4.79 Å². The van der Waals surface area contributed by atoms with Crippen LogP contribution in [-0.4, -0.2) is 15.8 Å². The second-order valence-electron chi connectivity index (χ2n) is 3.12. The van der Waals surface area contributed by atoms with Gasteiger partial charge >= 0.3 is 0 Å². The molecule has 0 N–H and O–H groups in total.